The molecule has 1 aromatic carbocycles. The molecule has 0 atom stereocenters. The molecule has 22 heavy (non-hydrogen) atoms. The maximum atomic E-state index is 6.53. The van der Waals surface area contributed by atoms with Crippen LogP contribution in [0.25, 0.3) is 0 Å². The third-order valence-corrected chi connectivity index (χ3v) is 6.12. The molecular weight excluding hydrogens is 298 g/mol. The van der Waals surface area contributed by atoms with Crippen molar-refractivity contribution in [2.45, 2.75) is 50.4 Å². The van der Waals surface area contributed by atoms with E-state index in [2.05, 4.69) is 12.1 Å². The quantitative estimate of drug-likeness (QED) is 0.893. The van der Waals surface area contributed by atoms with Gasteiger partial charge >= 0.3 is 0 Å². The fourth-order valence-corrected chi connectivity index (χ4v) is 4.19. The van der Waals surface area contributed by atoms with Crippen molar-refractivity contribution >= 4 is 11.6 Å². The molecule has 2 N–H and O–H groups in total. The minimum atomic E-state index is 0.0594. The van der Waals surface area contributed by atoms with Crippen molar-refractivity contribution in [3.8, 4) is 11.5 Å². The van der Waals surface area contributed by atoms with Gasteiger partial charge in [-0.25, -0.2) is 0 Å². The van der Waals surface area contributed by atoms with Crippen LogP contribution in [0, 0.1) is 5.41 Å². The lowest BCUT2D eigenvalue weighted by molar-refractivity contribution is 0.197. The lowest BCUT2D eigenvalue weighted by Gasteiger charge is -2.37. The SMILES string of the molecule is NCC1(c2cc(Cl)c3c(c2)OCC2(CC2)CO3)CCCCC1. The largest absolute Gasteiger partial charge is 0.489 e. The smallest absolute Gasteiger partial charge is 0.179 e. The van der Waals surface area contributed by atoms with Crippen LogP contribution in [-0.2, 0) is 5.41 Å². The van der Waals surface area contributed by atoms with Crippen LogP contribution in [0.3, 0.4) is 0 Å². The number of halogens is 1. The second kappa shape index (κ2) is 5.31. The first-order chi connectivity index (χ1) is 10.7. The van der Waals surface area contributed by atoms with Gasteiger partial charge in [-0.15, -0.1) is 0 Å². The molecule has 0 radical (unpaired) electrons. The topological polar surface area (TPSA) is 44.5 Å². The minimum absolute atomic E-state index is 0.0594. The van der Waals surface area contributed by atoms with Crippen molar-refractivity contribution in [3.63, 3.8) is 0 Å². The Hall–Kier alpha value is -0.930. The predicted octanol–water partition coefficient (Wildman–Crippen LogP) is 4.05. The molecular formula is C18H24ClNO2. The molecule has 120 valence electrons. The zero-order chi connectivity index (χ0) is 15.2. The molecule has 0 saturated heterocycles. The molecule has 3 nitrogen and oxygen atoms in total. The van der Waals surface area contributed by atoms with Crippen LogP contribution in [0.4, 0.5) is 0 Å². The van der Waals surface area contributed by atoms with Crippen LogP contribution in [0.5, 0.6) is 11.5 Å². The van der Waals surface area contributed by atoms with Gasteiger partial charge in [-0.05, 0) is 43.4 Å². The lowest BCUT2D eigenvalue weighted by atomic mass is 9.69. The fourth-order valence-electron chi connectivity index (χ4n) is 3.92. The van der Waals surface area contributed by atoms with Crippen molar-refractivity contribution in [1.29, 1.82) is 0 Å². The maximum Gasteiger partial charge on any atom is 0.179 e. The number of benzene rings is 1. The van der Waals surface area contributed by atoms with Gasteiger partial charge in [0, 0.05) is 17.4 Å². The summed E-state index contributed by atoms with van der Waals surface area (Å²) in [5, 5.41) is 0.670. The van der Waals surface area contributed by atoms with E-state index in [9.17, 15) is 0 Å². The summed E-state index contributed by atoms with van der Waals surface area (Å²) in [4.78, 5) is 0. The number of hydrogen-bond acceptors (Lipinski definition) is 3. The molecule has 2 saturated carbocycles. The molecule has 1 aliphatic heterocycles. The van der Waals surface area contributed by atoms with Gasteiger partial charge < -0.3 is 15.2 Å². The second-order valence-electron chi connectivity index (χ2n) is 7.41. The zero-order valence-corrected chi connectivity index (χ0v) is 13.8. The molecule has 2 aliphatic carbocycles. The molecule has 0 unspecified atom stereocenters. The lowest BCUT2D eigenvalue weighted by Crippen LogP contribution is -2.37. The van der Waals surface area contributed by atoms with Crippen LogP contribution in [-0.4, -0.2) is 19.8 Å². The van der Waals surface area contributed by atoms with Crippen molar-refractivity contribution in [3.05, 3.63) is 22.7 Å². The van der Waals surface area contributed by atoms with E-state index in [1.807, 2.05) is 0 Å². The van der Waals surface area contributed by atoms with E-state index >= 15 is 0 Å². The van der Waals surface area contributed by atoms with Gasteiger partial charge in [0.2, 0.25) is 0 Å². The van der Waals surface area contributed by atoms with E-state index in [1.54, 1.807) is 0 Å². The summed E-state index contributed by atoms with van der Waals surface area (Å²) >= 11 is 6.53. The first-order valence-electron chi connectivity index (χ1n) is 8.46. The van der Waals surface area contributed by atoms with Gasteiger partial charge in [0.1, 0.15) is 0 Å². The van der Waals surface area contributed by atoms with E-state index in [-0.39, 0.29) is 10.8 Å². The van der Waals surface area contributed by atoms with Crippen LogP contribution in [0.15, 0.2) is 12.1 Å². The highest BCUT2D eigenvalue weighted by Crippen LogP contribution is 2.51. The van der Waals surface area contributed by atoms with Gasteiger partial charge in [0.05, 0.1) is 18.2 Å². The average Bonchev–Trinajstić information content (AvgIpc) is 3.35. The third-order valence-electron chi connectivity index (χ3n) is 5.84. The Morgan fingerprint density at radius 1 is 1.00 bits per heavy atom. The standard InChI is InChI=1S/C18H24ClNO2/c19-14-8-13(18(10-20)4-2-1-3-5-18)9-15-16(14)22-12-17(6-7-17)11-21-15/h8-9H,1-7,10-12,20H2. The summed E-state index contributed by atoms with van der Waals surface area (Å²) < 4.78 is 12.1. The van der Waals surface area contributed by atoms with E-state index in [0.29, 0.717) is 11.6 Å². The molecule has 4 heteroatoms. The number of ether oxygens (including phenoxy) is 2. The summed E-state index contributed by atoms with van der Waals surface area (Å²) in [6.07, 6.45) is 8.46. The Morgan fingerprint density at radius 3 is 2.41 bits per heavy atom. The Morgan fingerprint density at radius 2 is 1.73 bits per heavy atom. The molecule has 0 bridgehead atoms. The van der Waals surface area contributed by atoms with Gasteiger partial charge in [0.25, 0.3) is 0 Å². The van der Waals surface area contributed by atoms with E-state index in [0.717, 1.165) is 37.6 Å². The summed E-state index contributed by atoms with van der Waals surface area (Å²) in [5.74, 6) is 1.53. The van der Waals surface area contributed by atoms with E-state index < -0.39 is 0 Å². The molecule has 1 heterocycles. The van der Waals surface area contributed by atoms with E-state index in [4.69, 9.17) is 26.8 Å². The van der Waals surface area contributed by atoms with Crippen LogP contribution < -0.4 is 15.2 Å². The molecule has 4 rings (SSSR count). The molecule has 1 spiro atoms. The van der Waals surface area contributed by atoms with Crippen molar-refractivity contribution in [1.82, 2.24) is 0 Å². The molecule has 3 aliphatic rings. The second-order valence-corrected chi connectivity index (χ2v) is 7.81. The first kappa shape index (κ1) is 14.6. The summed E-state index contributed by atoms with van der Waals surface area (Å²) in [6.45, 7) is 2.14. The summed E-state index contributed by atoms with van der Waals surface area (Å²) in [5.41, 5.74) is 7.69. The molecule has 1 aromatic rings. The van der Waals surface area contributed by atoms with Crippen molar-refractivity contribution < 1.29 is 9.47 Å². The summed E-state index contributed by atoms with van der Waals surface area (Å²) in [7, 11) is 0. The van der Waals surface area contributed by atoms with Gasteiger partial charge in [-0.3, -0.25) is 0 Å². The van der Waals surface area contributed by atoms with Crippen LogP contribution in [0.1, 0.15) is 50.5 Å². The zero-order valence-electron chi connectivity index (χ0n) is 13.0. The highest BCUT2D eigenvalue weighted by atomic mass is 35.5. The number of rotatable bonds is 2. The molecule has 2 fully saturated rings. The highest BCUT2D eigenvalue weighted by Gasteiger charge is 2.46. The molecule has 0 amide bonds. The number of hydrogen-bond donors (Lipinski definition) is 1. The van der Waals surface area contributed by atoms with Crippen molar-refractivity contribution in [2.75, 3.05) is 19.8 Å². The van der Waals surface area contributed by atoms with Crippen molar-refractivity contribution in [2.24, 2.45) is 11.1 Å². The monoisotopic (exact) mass is 321 g/mol. The van der Waals surface area contributed by atoms with E-state index in [1.165, 1.54) is 37.7 Å². The summed E-state index contributed by atoms with van der Waals surface area (Å²) in [6, 6.07) is 4.20. The number of fused-ring (bicyclic) bond motifs is 1. The highest BCUT2D eigenvalue weighted by molar-refractivity contribution is 6.32. The maximum absolute atomic E-state index is 6.53. The first-order valence-corrected chi connectivity index (χ1v) is 8.84. The normalized spacial score (nSPS) is 24.8. The minimum Gasteiger partial charge on any atom is -0.489 e. The van der Waals surface area contributed by atoms with Gasteiger partial charge in [-0.2, -0.15) is 0 Å². The Bertz CT molecular complexity index is 577. The van der Waals surface area contributed by atoms with Gasteiger partial charge in [0.15, 0.2) is 11.5 Å². The Kier molecular flexibility index (Phi) is 3.54. The number of nitrogens with two attached hydrogens (primary N) is 1. The Balaban J connectivity index is 1.70. The van der Waals surface area contributed by atoms with Crippen LogP contribution >= 0.6 is 11.6 Å². The predicted molar refractivity (Wildman–Crippen MR) is 87.9 cm³/mol. The van der Waals surface area contributed by atoms with Crippen LogP contribution in [0.2, 0.25) is 5.02 Å². The average molecular weight is 322 g/mol. The Labute approximate surface area is 137 Å². The molecule has 0 aromatic heterocycles. The third kappa shape index (κ3) is 2.39. The fraction of sp³-hybridized carbons (Fsp3) is 0.667. The van der Waals surface area contributed by atoms with Gasteiger partial charge in [-0.1, -0.05) is 30.9 Å².